The van der Waals surface area contributed by atoms with Gasteiger partial charge in [-0.3, -0.25) is 4.79 Å². The van der Waals surface area contributed by atoms with Crippen molar-refractivity contribution >= 4 is 18.0 Å². The van der Waals surface area contributed by atoms with Crippen LogP contribution in [0.3, 0.4) is 0 Å². The molecule has 2 aromatic carbocycles. The van der Waals surface area contributed by atoms with Crippen LogP contribution in [0.25, 0.3) is 11.1 Å². The Balaban J connectivity index is 1.66. The number of carbonyl (C=O) groups is 3. The van der Waals surface area contributed by atoms with E-state index >= 15 is 0 Å². The molecule has 1 aliphatic rings. The molecule has 0 aromatic heterocycles. The monoisotopic (exact) mass is 478 g/mol. The van der Waals surface area contributed by atoms with Crippen LogP contribution in [0.2, 0.25) is 0 Å². The van der Waals surface area contributed by atoms with E-state index in [9.17, 15) is 14.4 Å². The van der Waals surface area contributed by atoms with E-state index < -0.39 is 23.5 Å². The lowest BCUT2D eigenvalue weighted by Gasteiger charge is -2.36. The van der Waals surface area contributed by atoms with Gasteiger partial charge >= 0.3 is 12.1 Å². The zero-order valence-electron chi connectivity index (χ0n) is 20.9. The van der Waals surface area contributed by atoms with Crippen LogP contribution in [-0.2, 0) is 14.3 Å². The molecule has 0 saturated heterocycles. The normalized spacial score (nSPS) is 14.2. The Bertz CT molecular complexity index is 1090. The van der Waals surface area contributed by atoms with E-state index in [1.165, 1.54) is 13.0 Å². The van der Waals surface area contributed by atoms with Gasteiger partial charge in [-0.05, 0) is 48.9 Å². The molecule has 0 aliphatic heterocycles. The van der Waals surface area contributed by atoms with Gasteiger partial charge < -0.3 is 20.5 Å². The second-order valence-electron chi connectivity index (χ2n) is 9.82. The van der Waals surface area contributed by atoms with Gasteiger partial charge in [0, 0.05) is 24.1 Å². The summed E-state index contributed by atoms with van der Waals surface area (Å²) in [5, 5.41) is 14.6. The number of carboxylic acid groups (broad SMARTS) is 1. The summed E-state index contributed by atoms with van der Waals surface area (Å²) in [4.78, 5) is 36.7. The number of carboxylic acids is 1. The topological polar surface area (TPSA) is 105 Å². The number of carbonyl (C=O) groups excluding carboxylic acids is 2. The van der Waals surface area contributed by atoms with Crippen LogP contribution in [-0.4, -0.2) is 42.3 Å². The number of fused-ring (bicyclic) bond motifs is 3. The first-order chi connectivity index (χ1) is 16.5. The lowest BCUT2D eigenvalue weighted by atomic mass is 9.77. The molecule has 7 nitrogen and oxygen atoms in total. The van der Waals surface area contributed by atoms with Crippen molar-refractivity contribution in [3.05, 3.63) is 71.3 Å². The quantitative estimate of drug-likeness (QED) is 0.452. The van der Waals surface area contributed by atoms with Crippen molar-refractivity contribution in [3.8, 4) is 11.1 Å². The first-order valence-electron chi connectivity index (χ1n) is 11.8. The highest BCUT2D eigenvalue weighted by molar-refractivity contribution is 5.86. The van der Waals surface area contributed by atoms with E-state index in [1.807, 2.05) is 38.1 Å². The molecule has 0 saturated carbocycles. The molecule has 1 unspecified atom stereocenters. The number of benzene rings is 2. The van der Waals surface area contributed by atoms with Crippen LogP contribution in [0.5, 0.6) is 0 Å². The SMILES string of the molecule is C/C(=C\CNC(=O)C(C)(C)C(NC(=O)OCC1c2ccccc2-c2ccccc21)C(C)C)C(=O)O. The van der Waals surface area contributed by atoms with Crippen molar-refractivity contribution in [2.45, 2.75) is 46.6 Å². The van der Waals surface area contributed by atoms with Crippen LogP contribution >= 0.6 is 0 Å². The van der Waals surface area contributed by atoms with Gasteiger partial charge in [-0.1, -0.05) is 68.5 Å². The summed E-state index contributed by atoms with van der Waals surface area (Å²) in [7, 11) is 0. The second-order valence-corrected chi connectivity index (χ2v) is 9.82. The van der Waals surface area contributed by atoms with Gasteiger partial charge in [0.05, 0.1) is 5.41 Å². The Morgan fingerprint density at radius 2 is 1.57 bits per heavy atom. The van der Waals surface area contributed by atoms with Crippen LogP contribution in [0.15, 0.2) is 60.2 Å². The Labute approximate surface area is 206 Å². The lowest BCUT2D eigenvalue weighted by molar-refractivity contribution is -0.133. The zero-order valence-corrected chi connectivity index (χ0v) is 20.9. The first kappa shape index (κ1) is 26.0. The molecule has 1 atom stereocenters. The van der Waals surface area contributed by atoms with E-state index in [-0.39, 0.29) is 36.5 Å². The zero-order chi connectivity index (χ0) is 25.8. The van der Waals surface area contributed by atoms with Crippen molar-refractivity contribution in [2.75, 3.05) is 13.2 Å². The summed E-state index contributed by atoms with van der Waals surface area (Å²) in [6.45, 7) is 9.12. The predicted molar refractivity (Wildman–Crippen MR) is 135 cm³/mol. The van der Waals surface area contributed by atoms with Crippen LogP contribution < -0.4 is 10.6 Å². The third-order valence-corrected chi connectivity index (χ3v) is 6.65. The van der Waals surface area contributed by atoms with Gasteiger partial charge in [0.15, 0.2) is 0 Å². The third kappa shape index (κ3) is 5.73. The first-order valence-corrected chi connectivity index (χ1v) is 11.8. The lowest BCUT2D eigenvalue weighted by Crippen LogP contribution is -2.55. The van der Waals surface area contributed by atoms with Gasteiger partial charge in [0.25, 0.3) is 0 Å². The number of hydrogen-bond donors (Lipinski definition) is 3. The van der Waals surface area contributed by atoms with Gasteiger partial charge in [0.2, 0.25) is 5.91 Å². The van der Waals surface area contributed by atoms with Crippen molar-refractivity contribution < 1.29 is 24.2 Å². The fourth-order valence-electron chi connectivity index (χ4n) is 4.70. The molecular formula is C28H34N2O5. The van der Waals surface area contributed by atoms with Crippen LogP contribution in [0, 0.1) is 11.3 Å². The highest BCUT2D eigenvalue weighted by Gasteiger charge is 2.40. The molecule has 2 aromatic rings. The summed E-state index contributed by atoms with van der Waals surface area (Å²) < 4.78 is 5.68. The Morgan fingerprint density at radius 1 is 1.03 bits per heavy atom. The maximum absolute atomic E-state index is 12.9. The molecule has 0 radical (unpaired) electrons. The largest absolute Gasteiger partial charge is 0.478 e. The van der Waals surface area contributed by atoms with E-state index in [1.54, 1.807) is 13.8 Å². The van der Waals surface area contributed by atoms with Gasteiger partial charge in [-0.15, -0.1) is 0 Å². The average molecular weight is 479 g/mol. The second kappa shape index (κ2) is 10.8. The molecule has 0 spiro atoms. The molecule has 1 aliphatic carbocycles. The molecule has 35 heavy (non-hydrogen) atoms. The maximum atomic E-state index is 12.9. The standard InChI is InChI=1S/C28H34N2O5/c1-17(2)24(28(4,5)26(33)29-15-14-18(3)25(31)32)30-27(34)35-16-23-21-12-8-6-10-19(21)20-11-7-9-13-22(20)23/h6-14,17,23-24H,15-16H2,1-5H3,(H,29,33)(H,30,34)(H,31,32)/b18-14+. The Kier molecular flexibility index (Phi) is 7.99. The smallest absolute Gasteiger partial charge is 0.407 e. The van der Waals surface area contributed by atoms with Crippen molar-refractivity contribution in [2.24, 2.45) is 11.3 Å². The Morgan fingerprint density at radius 3 is 2.09 bits per heavy atom. The molecule has 3 N–H and O–H groups in total. The molecule has 0 heterocycles. The van der Waals surface area contributed by atoms with Crippen molar-refractivity contribution in [3.63, 3.8) is 0 Å². The Hall–Kier alpha value is -3.61. The summed E-state index contributed by atoms with van der Waals surface area (Å²) >= 11 is 0. The van der Waals surface area contributed by atoms with Crippen LogP contribution in [0.1, 0.15) is 51.7 Å². The number of alkyl carbamates (subject to hydrolysis) is 1. The van der Waals surface area contributed by atoms with Crippen LogP contribution in [0.4, 0.5) is 4.79 Å². The number of hydrogen-bond acceptors (Lipinski definition) is 4. The van der Waals surface area contributed by atoms with Crippen molar-refractivity contribution in [1.82, 2.24) is 10.6 Å². The number of ether oxygens (including phenoxy) is 1. The summed E-state index contributed by atoms with van der Waals surface area (Å²) in [5.74, 6) is -1.42. The van der Waals surface area contributed by atoms with E-state index in [0.29, 0.717) is 0 Å². The predicted octanol–water partition coefficient (Wildman–Crippen LogP) is 4.72. The molecule has 2 amide bonds. The molecular weight excluding hydrogens is 444 g/mol. The molecule has 0 fully saturated rings. The van der Waals surface area contributed by atoms with E-state index in [2.05, 4.69) is 34.9 Å². The van der Waals surface area contributed by atoms with Crippen molar-refractivity contribution in [1.29, 1.82) is 0 Å². The van der Waals surface area contributed by atoms with Gasteiger partial charge in [-0.2, -0.15) is 0 Å². The minimum absolute atomic E-state index is 0.0486. The minimum atomic E-state index is -1.03. The number of aliphatic carboxylic acids is 1. The van der Waals surface area contributed by atoms with Gasteiger partial charge in [0.1, 0.15) is 6.61 Å². The van der Waals surface area contributed by atoms with Gasteiger partial charge in [-0.25, -0.2) is 9.59 Å². The molecule has 7 heteroatoms. The highest BCUT2D eigenvalue weighted by Crippen LogP contribution is 2.44. The molecule has 0 bridgehead atoms. The highest BCUT2D eigenvalue weighted by atomic mass is 16.5. The number of rotatable bonds is 9. The number of amides is 2. The molecule has 186 valence electrons. The third-order valence-electron chi connectivity index (χ3n) is 6.65. The summed E-state index contributed by atoms with van der Waals surface area (Å²) in [6, 6.07) is 15.8. The summed E-state index contributed by atoms with van der Waals surface area (Å²) in [6.07, 6.45) is 0.868. The number of nitrogens with one attached hydrogen (secondary N) is 2. The fraction of sp³-hybridized carbons (Fsp3) is 0.393. The van der Waals surface area contributed by atoms with E-state index in [4.69, 9.17) is 9.84 Å². The summed E-state index contributed by atoms with van der Waals surface area (Å²) in [5.41, 5.74) is 3.77. The fourth-order valence-corrected chi connectivity index (χ4v) is 4.70. The van der Waals surface area contributed by atoms with E-state index in [0.717, 1.165) is 22.3 Å². The maximum Gasteiger partial charge on any atom is 0.407 e. The molecule has 3 rings (SSSR count). The average Bonchev–Trinajstić information content (AvgIpc) is 3.14. The minimum Gasteiger partial charge on any atom is -0.478 e.